The van der Waals surface area contributed by atoms with Gasteiger partial charge in [-0.15, -0.1) is 11.3 Å². The summed E-state index contributed by atoms with van der Waals surface area (Å²) < 4.78 is 2.67. The molecule has 7 aromatic rings. The predicted molar refractivity (Wildman–Crippen MR) is 175 cm³/mol. The van der Waals surface area contributed by atoms with E-state index in [9.17, 15) is 0 Å². The molecular weight excluding hydrogens is 500 g/mol. The molecule has 0 fully saturated rings. The zero-order valence-electron chi connectivity index (χ0n) is 21.8. The Balaban J connectivity index is 1.41. The summed E-state index contributed by atoms with van der Waals surface area (Å²) in [4.78, 5) is 0. The number of hydrogen-bond acceptors (Lipinski definition) is 1. The molecule has 0 saturated heterocycles. The van der Waals surface area contributed by atoms with Gasteiger partial charge in [-0.1, -0.05) is 127 Å². The Morgan fingerprint density at radius 2 is 1.23 bits per heavy atom. The van der Waals surface area contributed by atoms with Gasteiger partial charge in [0.1, 0.15) is 0 Å². The first kappa shape index (κ1) is 23.0. The van der Waals surface area contributed by atoms with Crippen LogP contribution >= 0.6 is 11.3 Å². The minimum absolute atomic E-state index is 0.764. The van der Waals surface area contributed by atoms with Gasteiger partial charge in [0.05, 0.1) is 0 Å². The van der Waals surface area contributed by atoms with Crippen LogP contribution in [0, 0.1) is 11.8 Å². The second-order valence-corrected chi connectivity index (χ2v) is 11.3. The van der Waals surface area contributed by atoms with Crippen molar-refractivity contribution >= 4 is 58.6 Å². The highest BCUT2D eigenvalue weighted by molar-refractivity contribution is 7.26. The molecule has 8 rings (SSSR count). The fourth-order valence-corrected chi connectivity index (χ4v) is 7.49. The van der Waals surface area contributed by atoms with Gasteiger partial charge in [-0.2, -0.15) is 0 Å². The summed E-state index contributed by atoms with van der Waals surface area (Å²) in [5.74, 6) is 6.35. The quantitative estimate of drug-likeness (QED) is 0.159. The van der Waals surface area contributed by atoms with E-state index in [1.54, 1.807) is 0 Å². The predicted octanol–water partition coefficient (Wildman–Crippen LogP) is 11.0. The molecule has 1 aliphatic rings. The third-order valence-electron chi connectivity index (χ3n) is 7.96. The van der Waals surface area contributed by atoms with Crippen LogP contribution in [0.4, 0.5) is 0 Å². The maximum atomic E-state index is 3.21. The van der Waals surface area contributed by atoms with Gasteiger partial charge in [0.15, 0.2) is 0 Å². The maximum absolute atomic E-state index is 3.21. The molecule has 1 aliphatic carbocycles. The lowest BCUT2D eigenvalue weighted by Crippen LogP contribution is -1.92. The topological polar surface area (TPSA) is 0 Å². The molecule has 0 nitrogen and oxygen atoms in total. The summed E-state index contributed by atoms with van der Waals surface area (Å²) in [6, 6.07) is 42.2. The van der Waals surface area contributed by atoms with Crippen LogP contribution in [-0.4, -0.2) is 0 Å². The third-order valence-corrected chi connectivity index (χ3v) is 9.17. The minimum atomic E-state index is 0.764. The van der Waals surface area contributed by atoms with E-state index in [-0.39, 0.29) is 0 Å². The zero-order chi connectivity index (χ0) is 26.5. The highest BCUT2D eigenvalue weighted by atomic mass is 32.1. The van der Waals surface area contributed by atoms with Crippen LogP contribution in [0.2, 0.25) is 0 Å². The fourth-order valence-electron chi connectivity index (χ4n) is 6.21. The smallest absolute Gasteiger partial charge is 0.0433 e. The van der Waals surface area contributed by atoms with Crippen LogP contribution in [-0.2, 0) is 0 Å². The second-order valence-electron chi connectivity index (χ2n) is 10.2. The molecule has 186 valence electrons. The largest absolute Gasteiger partial charge is 0.135 e. The summed E-state index contributed by atoms with van der Waals surface area (Å²) in [6.07, 6.45) is 7.18. The van der Waals surface area contributed by atoms with Crippen LogP contribution in [0.15, 0.2) is 133 Å². The Bertz CT molecular complexity index is 2170. The number of rotatable bonds is 3. The van der Waals surface area contributed by atoms with E-state index in [0.29, 0.717) is 0 Å². The zero-order valence-corrected chi connectivity index (χ0v) is 22.6. The van der Waals surface area contributed by atoms with Crippen LogP contribution in [0.5, 0.6) is 0 Å². The molecule has 1 heteroatoms. The molecule has 1 aromatic heterocycles. The fraction of sp³-hybridized carbons (Fsp3) is 0.0256. The molecule has 0 saturated carbocycles. The highest BCUT2D eigenvalue weighted by Gasteiger charge is 2.18. The van der Waals surface area contributed by atoms with Gasteiger partial charge >= 0.3 is 0 Å². The maximum Gasteiger partial charge on any atom is 0.0433 e. The lowest BCUT2D eigenvalue weighted by molar-refractivity contribution is 1.48. The Kier molecular flexibility index (Phi) is 5.40. The third kappa shape index (κ3) is 3.62. The van der Waals surface area contributed by atoms with E-state index < -0.39 is 0 Å². The monoisotopic (exact) mass is 524 g/mol. The first-order chi connectivity index (χ1) is 19.9. The van der Waals surface area contributed by atoms with Crippen LogP contribution in [0.3, 0.4) is 0 Å². The molecule has 0 radical (unpaired) electrons. The molecular formula is C39H24S. The number of hydrogen-bond donors (Lipinski definition) is 0. The van der Waals surface area contributed by atoms with E-state index >= 15 is 0 Å². The van der Waals surface area contributed by atoms with Gasteiger partial charge in [0.25, 0.3) is 0 Å². The SMILES string of the molecule is C1#CCC=C(c2c3ccccc3c(-c3ccc4c(c3)sc3c(-c5ccccc5)cccc34)c3ccccc23)C=C1. The van der Waals surface area contributed by atoms with Crippen LogP contribution in [0.1, 0.15) is 12.0 Å². The number of allylic oxidation sites excluding steroid dienone is 4. The van der Waals surface area contributed by atoms with E-state index in [1.807, 2.05) is 17.4 Å². The lowest BCUT2D eigenvalue weighted by Gasteiger charge is -2.18. The van der Waals surface area contributed by atoms with Crippen molar-refractivity contribution in [1.82, 2.24) is 0 Å². The summed E-state index contributed by atoms with van der Waals surface area (Å²) in [5, 5.41) is 7.75. The number of benzene rings is 6. The summed E-state index contributed by atoms with van der Waals surface area (Å²) in [5.41, 5.74) is 7.63. The standard InChI is InChI=1S/C39H24S/c1-2-5-16-27(15-4-1)37-31-17-8-10-19-33(31)38(34-20-11-9-18-32(34)37)28-23-24-30-35-22-12-21-29(26-13-6-3-7-14-26)39(35)40-36(30)25-28/h3-4,6-25H,5H2. The molecule has 0 bridgehead atoms. The van der Waals surface area contributed by atoms with Crippen molar-refractivity contribution in [3.05, 3.63) is 139 Å². The van der Waals surface area contributed by atoms with Gasteiger partial charge in [-0.3, -0.25) is 0 Å². The average molecular weight is 525 g/mol. The number of thiophene rings is 1. The molecule has 6 aromatic carbocycles. The van der Waals surface area contributed by atoms with Crippen molar-refractivity contribution in [2.24, 2.45) is 0 Å². The molecule has 0 aliphatic heterocycles. The molecule has 0 unspecified atom stereocenters. The number of fused-ring (bicyclic) bond motifs is 5. The molecule has 0 N–H and O–H groups in total. The van der Waals surface area contributed by atoms with E-state index in [2.05, 4.69) is 139 Å². The normalized spacial score (nSPS) is 12.9. The van der Waals surface area contributed by atoms with Crippen LogP contribution in [0.25, 0.3) is 69.5 Å². The lowest BCUT2D eigenvalue weighted by atomic mass is 9.85. The molecule has 0 spiro atoms. The van der Waals surface area contributed by atoms with Gasteiger partial charge < -0.3 is 0 Å². The first-order valence-electron chi connectivity index (χ1n) is 13.7. The van der Waals surface area contributed by atoms with Crippen molar-refractivity contribution in [2.75, 3.05) is 0 Å². The van der Waals surface area contributed by atoms with Crippen molar-refractivity contribution in [3.8, 4) is 34.1 Å². The van der Waals surface area contributed by atoms with Crippen molar-refractivity contribution in [1.29, 1.82) is 0 Å². The second kappa shape index (κ2) is 9.38. The summed E-state index contributed by atoms with van der Waals surface area (Å²) in [7, 11) is 0. The summed E-state index contributed by atoms with van der Waals surface area (Å²) >= 11 is 1.90. The Labute approximate surface area is 237 Å². The molecule has 0 atom stereocenters. The van der Waals surface area contributed by atoms with Gasteiger partial charge in [-0.25, -0.2) is 0 Å². The van der Waals surface area contributed by atoms with Gasteiger partial charge in [0.2, 0.25) is 0 Å². The highest BCUT2D eigenvalue weighted by Crippen LogP contribution is 2.45. The van der Waals surface area contributed by atoms with E-state index in [1.165, 1.54) is 75.1 Å². The van der Waals surface area contributed by atoms with Crippen molar-refractivity contribution in [3.63, 3.8) is 0 Å². The minimum Gasteiger partial charge on any atom is -0.135 e. The molecule has 40 heavy (non-hydrogen) atoms. The van der Waals surface area contributed by atoms with E-state index in [4.69, 9.17) is 0 Å². The summed E-state index contributed by atoms with van der Waals surface area (Å²) in [6.45, 7) is 0. The Morgan fingerprint density at radius 3 is 1.98 bits per heavy atom. The van der Waals surface area contributed by atoms with Crippen molar-refractivity contribution in [2.45, 2.75) is 6.42 Å². The van der Waals surface area contributed by atoms with Crippen molar-refractivity contribution < 1.29 is 0 Å². The van der Waals surface area contributed by atoms with E-state index in [0.717, 1.165) is 6.42 Å². The Hall–Kier alpha value is -4.90. The molecule has 0 amide bonds. The van der Waals surface area contributed by atoms with Gasteiger partial charge in [0, 0.05) is 26.6 Å². The first-order valence-corrected chi connectivity index (χ1v) is 14.5. The Morgan fingerprint density at radius 1 is 0.550 bits per heavy atom. The van der Waals surface area contributed by atoms with Gasteiger partial charge in [-0.05, 0) is 73.2 Å². The average Bonchev–Trinajstić information content (AvgIpc) is 3.17. The molecule has 1 heterocycles. The van der Waals surface area contributed by atoms with Crippen LogP contribution < -0.4 is 0 Å².